The number of aromatic nitrogens is 1. The van der Waals surface area contributed by atoms with Crippen LogP contribution in [0, 0.1) is 0 Å². The predicted octanol–water partition coefficient (Wildman–Crippen LogP) is 3.30. The Hall–Kier alpha value is -0.800. The fourth-order valence-corrected chi connectivity index (χ4v) is 2.88. The quantitative estimate of drug-likeness (QED) is 0.777. The molecular formula is C16H26ClN3. The molecule has 3 nitrogen and oxygen atoms in total. The highest BCUT2D eigenvalue weighted by Gasteiger charge is 2.20. The molecule has 0 amide bonds. The summed E-state index contributed by atoms with van der Waals surface area (Å²) in [5.74, 6) is 1.67. The van der Waals surface area contributed by atoms with Crippen LogP contribution in [0.25, 0.3) is 0 Å². The lowest BCUT2D eigenvalue weighted by molar-refractivity contribution is 0.209. The van der Waals surface area contributed by atoms with E-state index in [1.54, 1.807) is 0 Å². The van der Waals surface area contributed by atoms with Gasteiger partial charge in [-0.3, -0.25) is 4.90 Å². The van der Waals surface area contributed by atoms with Crippen LogP contribution in [0.1, 0.15) is 38.4 Å². The summed E-state index contributed by atoms with van der Waals surface area (Å²) in [5, 5.41) is 0. The van der Waals surface area contributed by atoms with Crippen LogP contribution in [0.15, 0.2) is 12.1 Å². The summed E-state index contributed by atoms with van der Waals surface area (Å²) in [5.41, 5.74) is 2.36. The van der Waals surface area contributed by atoms with Gasteiger partial charge in [-0.1, -0.05) is 13.3 Å². The van der Waals surface area contributed by atoms with Gasteiger partial charge in [0, 0.05) is 43.8 Å². The van der Waals surface area contributed by atoms with Gasteiger partial charge in [-0.05, 0) is 38.0 Å². The number of pyridine rings is 1. The molecule has 0 N–H and O–H groups in total. The molecule has 0 bridgehead atoms. The summed E-state index contributed by atoms with van der Waals surface area (Å²) in [6, 6.07) is 4.93. The Morgan fingerprint density at radius 1 is 1.20 bits per heavy atom. The van der Waals surface area contributed by atoms with E-state index in [0.717, 1.165) is 44.8 Å². The smallest absolute Gasteiger partial charge is 0.129 e. The standard InChI is InChI=1S/C16H26ClN3/c1-4-5-15-10-14(12-17)11-16(18-15)20-8-6-19(7-9-20)13(2)3/h10-11,13H,4-9,12H2,1-3H3. The maximum absolute atomic E-state index is 6.02. The predicted molar refractivity (Wildman–Crippen MR) is 86.7 cm³/mol. The summed E-state index contributed by atoms with van der Waals surface area (Å²) >= 11 is 6.02. The van der Waals surface area contributed by atoms with Crippen molar-refractivity contribution in [2.45, 2.75) is 45.5 Å². The van der Waals surface area contributed by atoms with Gasteiger partial charge in [0.15, 0.2) is 0 Å². The van der Waals surface area contributed by atoms with Gasteiger partial charge in [0.2, 0.25) is 0 Å². The first-order chi connectivity index (χ1) is 9.63. The molecule has 112 valence electrons. The number of rotatable bonds is 5. The molecule has 0 aromatic carbocycles. The number of nitrogens with zero attached hydrogens (tertiary/aromatic N) is 3. The summed E-state index contributed by atoms with van der Waals surface area (Å²) in [6.45, 7) is 11.1. The molecule has 1 fully saturated rings. The second kappa shape index (κ2) is 7.28. The van der Waals surface area contributed by atoms with E-state index in [0.29, 0.717) is 11.9 Å². The molecule has 1 saturated heterocycles. The molecule has 0 aliphatic carbocycles. The highest BCUT2D eigenvalue weighted by molar-refractivity contribution is 6.17. The van der Waals surface area contributed by atoms with Crippen LogP contribution in [0.2, 0.25) is 0 Å². The van der Waals surface area contributed by atoms with Crippen molar-refractivity contribution in [1.29, 1.82) is 0 Å². The Balaban J connectivity index is 2.10. The molecule has 1 aromatic heterocycles. The normalized spacial score (nSPS) is 16.9. The number of hydrogen-bond donors (Lipinski definition) is 0. The fourth-order valence-electron chi connectivity index (χ4n) is 2.72. The van der Waals surface area contributed by atoms with Crippen molar-refractivity contribution in [2.24, 2.45) is 0 Å². The molecule has 2 heterocycles. The number of anilines is 1. The van der Waals surface area contributed by atoms with E-state index in [1.165, 1.54) is 11.3 Å². The van der Waals surface area contributed by atoms with Gasteiger partial charge in [0.05, 0.1) is 0 Å². The number of piperazine rings is 1. The number of aryl methyl sites for hydroxylation is 1. The van der Waals surface area contributed by atoms with Crippen LogP contribution in [0.4, 0.5) is 5.82 Å². The highest BCUT2D eigenvalue weighted by Crippen LogP contribution is 2.19. The average molecular weight is 296 g/mol. The Morgan fingerprint density at radius 2 is 1.90 bits per heavy atom. The maximum atomic E-state index is 6.02. The van der Waals surface area contributed by atoms with Crippen molar-refractivity contribution in [3.63, 3.8) is 0 Å². The third-order valence-corrected chi connectivity index (χ3v) is 4.26. The molecule has 0 radical (unpaired) electrons. The Kier molecular flexibility index (Phi) is 5.67. The molecule has 20 heavy (non-hydrogen) atoms. The maximum Gasteiger partial charge on any atom is 0.129 e. The molecule has 1 aromatic rings. The third kappa shape index (κ3) is 3.86. The first kappa shape index (κ1) is 15.6. The largest absolute Gasteiger partial charge is 0.354 e. The molecule has 0 unspecified atom stereocenters. The first-order valence-electron chi connectivity index (χ1n) is 7.68. The molecule has 4 heteroatoms. The van der Waals surface area contributed by atoms with Crippen molar-refractivity contribution in [3.05, 3.63) is 23.4 Å². The highest BCUT2D eigenvalue weighted by atomic mass is 35.5. The second-order valence-electron chi connectivity index (χ2n) is 5.83. The van der Waals surface area contributed by atoms with Crippen molar-refractivity contribution in [3.8, 4) is 0 Å². The van der Waals surface area contributed by atoms with Gasteiger partial charge in [0.1, 0.15) is 5.82 Å². The minimum atomic E-state index is 0.568. The summed E-state index contributed by atoms with van der Waals surface area (Å²) in [6.07, 6.45) is 2.16. The van der Waals surface area contributed by atoms with Gasteiger partial charge in [0.25, 0.3) is 0 Å². The van der Waals surface area contributed by atoms with Crippen LogP contribution in [0.5, 0.6) is 0 Å². The first-order valence-corrected chi connectivity index (χ1v) is 8.22. The average Bonchev–Trinajstić information content (AvgIpc) is 2.47. The van der Waals surface area contributed by atoms with Gasteiger partial charge in [-0.2, -0.15) is 0 Å². The van der Waals surface area contributed by atoms with E-state index in [4.69, 9.17) is 16.6 Å². The molecule has 1 aliphatic rings. The molecule has 0 saturated carbocycles. The van der Waals surface area contributed by atoms with E-state index in [-0.39, 0.29) is 0 Å². The summed E-state index contributed by atoms with van der Waals surface area (Å²) in [4.78, 5) is 9.73. The number of halogens is 1. The molecule has 1 aliphatic heterocycles. The van der Waals surface area contributed by atoms with Crippen molar-refractivity contribution in [1.82, 2.24) is 9.88 Å². The monoisotopic (exact) mass is 295 g/mol. The van der Waals surface area contributed by atoms with Crippen LogP contribution in [-0.4, -0.2) is 42.1 Å². The lowest BCUT2D eigenvalue weighted by Crippen LogP contribution is -2.49. The minimum absolute atomic E-state index is 0.568. The van der Waals surface area contributed by atoms with Gasteiger partial charge in [-0.15, -0.1) is 11.6 Å². The topological polar surface area (TPSA) is 19.4 Å². The third-order valence-electron chi connectivity index (χ3n) is 3.95. The zero-order valence-corrected chi connectivity index (χ0v) is 13.7. The molecule has 0 atom stereocenters. The van der Waals surface area contributed by atoms with Crippen molar-refractivity contribution >= 4 is 17.4 Å². The van der Waals surface area contributed by atoms with E-state index >= 15 is 0 Å². The summed E-state index contributed by atoms with van der Waals surface area (Å²) in [7, 11) is 0. The van der Waals surface area contributed by atoms with Gasteiger partial charge >= 0.3 is 0 Å². The SMILES string of the molecule is CCCc1cc(CCl)cc(N2CCN(C(C)C)CC2)n1. The summed E-state index contributed by atoms with van der Waals surface area (Å²) < 4.78 is 0. The zero-order valence-electron chi connectivity index (χ0n) is 12.9. The molecule has 0 spiro atoms. The second-order valence-corrected chi connectivity index (χ2v) is 6.09. The lowest BCUT2D eigenvalue weighted by atomic mass is 10.1. The van der Waals surface area contributed by atoms with Crippen LogP contribution >= 0.6 is 11.6 Å². The Labute approximate surface area is 127 Å². The van der Waals surface area contributed by atoms with E-state index in [2.05, 4.69) is 42.7 Å². The van der Waals surface area contributed by atoms with Crippen molar-refractivity contribution in [2.75, 3.05) is 31.1 Å². The molecule has 2 rings (SSSR count). The number of hydrogen-bond acceptors (Lipinski definition) is 3. The van der Waals surface area contributed by atoms with Gasteiger partial charge < -0.3 is 4.90 Å². The van der Waals surface area contributed by atoms with Crippen LogP contribution < -0.4 is 4.90 Å². The molecular weight excluding hydrogens is 270 g/mol. The Morgan fingerprint density at radius 3 is 2.45 bits per heavy atom. The van der Waals surface area contributed by atoms with Crippen LogP contribution in [-0.2, 0) is 12.3 Å². The van der Waals surface area contributed by atoms with E-state index in [9.17, 15) is 0 Å². The fraction of sp³-hybridized carbons (Fsp3) is 0.688. The lowest BCUT2D eigenvalue weighted by Gasteiger charge is -2.37. The zero-order chi connectivity index (χ0) is 14.5. The van der Waals surface area contributed by atoms with Crippen LogP contribution in [0.3, 0.4) is 0 Å². The minimum Gasteiger partial charge on any atom is -0.354 e. The van der Waals surface area contributed by atoms with E-state index in [1.807, 2.05) is 0 Å². The van der Waals surface area contributed by atoms with Gasteiger partial charge in [-0.25, -0.2) is 4.98 Å². The van der Waals surface area contributed by atoms with Crippen molar-refractivity contribution < 1.29 is 0 Å². The van der Waals surface area contributed by atoms with E-state index < -0.39 is 0 Å². The Bertz CT molecular complexity index is 426. The number of alkyl halides is 1.